The molecule has 1 fully saturated rings. The first-order valence-electron chi connectivity index (χ1n) is 7.52. The molecule has 2 atom stereocenters. The van der Waals surface area contributed by atoms with Crippen LogP contribution in [0.3, 0.4) is 0 Å². The quantitative estimate of drug-likeness (QED) is 0.835. The Morgan fingerprint density at radius 1 is 1.16 bits per heavy atom. The van der Waals surface area contributed by atoms with Gasteiger partial charge in [-0.1, -0.05) is 48.5 Å². The van der Waals surface area contributed by atoms with Gasteiger partial charge in [0.25, 0.3) is 0 Å². The smallest absolute Gasteiger partial charge is 0.228 e. The molecule has 3 nitrogen and oxygen atoms in total. The number of carbonyl (C=O) groups excluding carboxylic acids is 1. The monoisotopic (exact) mass is 268 g/mol. The molecule has 1 N–H and O–H groups in total. The Balaban J connectivity index is 2.60. The molecular formula is C16H32N2O. The highest BCUT2D eigenvalue weighted by Crippen LogP contribution is 2.24. The Morgan fingerprint density at radius 2 is 1.74 bits per heavy atom. The number of likely N-dealkylation sites (tertiary alicyclic amines) is 1. The van der Waals surface area contributed by atoms with Crippen LogP contribution in [0, 0.1) is 16.7 Å². The zero-order chi connectivity index (χ0) is 14.8. The first-order valence-corrected chi connectivity index (χ1v) is 7.52. The molecule has 1 aliphatic rings. The summed E-state index contributed by atoms with van der Waals surface area (Å²) in [5, 5.41) is 3.63. The second kappa shape index (κ2) is 5.82. The maximum absolute atomic E-state index is 12.4. The summed E-state index contributed by atoms with van der Waals surface area (Å²) in [4.78, 5) is 14.5. The molecule has 1 saturated heterocycles. The van der Waals surface area contributed by atoms with Crippen molar-refractivity contribution in [1.29, 1.82) is 0 Å². The Kier molecular flexibility index (Phi) is 5.05. The molecule has 0 aromatic carbocycles. The van der Waals surface area contributed by atoms with E-state index in [9.17, 15) is 4.79 Å². The van der Waals surface area contributed by atoms with Gasteiger partial charge in [0.1, 0.15) is 0 Å². The van der Waals surface area contributed by atoms with Crippen LogP contribution in [0.4, 0.5) is 0 Å². The summed E-state index contributed by atoms with van der Waals surface area (Å²) in [7, 11) is 0. The first kappa shape index (κ1) is 16.5. The van der Waals surface area contributed by atoms with Crippen molar-refractivity contribution in [2.24, 2.45) is 16.7 Å². The minimum atomic E-state index is -0.272. The third-order valence-electron chi connectivity index (χ3n) is 3.51. The number of nitrogens with zero attached hydrogens (tertiary/aromatic N) is 1. The number of hydrogen-bond donors (Lipinski definition) is 1. The second-order valence-electron chi connectivity index (χ2n) is 8.44. The molecule has 0 saturated carbocycles. The van der Waals surface area contributed by atoms with Crippen LogP contribution in [0.25, 0.3) is 0 Å². The van der Waals surface area contributed by atoms with Crippen molar-refractivity contribution < 1.29 is 4.79 Å². The predicted octanol–water partition coefficient (Wildman–Crippen LogP) is 2.91. The fourth-order valence-electron chi connectivity index (χ4n) is 2.59. The molecule has 0 aromatic rings. The summed E-state index contributed by atoms with van der Waals surface area (Å²) in [5.41, 5.74) is 0.0190. The number of carbonyl (C=O) groups is 1. The zero-order valence-corrected chi connectivity index (χ0v) is 13.8. The van der Waals surface area contributed by atoms with E-state index in [2.05, 4.69) is 37.9 Å². The number of nitrogens with one attached hydrogen (secondary N) is 1. The number of rotatable bonds is 2. The average Bonchev–Trinajstić information content (AvgIpc) is 2.22. The van der Waals surface area contributed by atoms with Crippen molar-refractivity contribution in [2.75, 3.05) is 19.6 Å². The van der Waals surface area contributed by atoms with Crippen molar-refractivity contribution in [3.05, 3.63) is 0 Å². The molecule has 1 amide bonds. The molecule has 19 heavy (non-hydrogen) atoms. The van der Waals surface area contributed by atoms with Gasteiger partial charge < -0.3 is 10.2 Å². The number of piperidine rings is 1. The van der Waals surface area contributed by atoms with E-state index in [1.807, 2.05) is 20.8 Å². The van der Waals surface area contributed by atoms with Gasteiger partial charge >= 0.3 is 0 Å². The van der Waals surface area contributed by atoms with E-state index in [-0.39, 0.29) is 11.3 Å². The van der Waals surface area contributed by atoms with Gasteiger partial charge in [0.2, 0.25) is 5.91 Å². The maximum Gasteiger partial charge on any atom is 0.228 e. The van der Waals surface area contributed by atoms with Crippen LogP contribution in [0.15, 0.2) is 0 Å². The molecule has 0 aliphatic carbocycles. The van der Waals surface area contributed by atoms with Crippen LogP contribution in [0.2, 0.25) is 0 Å². The largest absolute Gasteiger partial charge is 0.340 e. The Hall–Kier alpha value is -0.570. The van der Waals surface area contributed by atoms with E-state index < -0.39 is 0 Å². The van der Waals surface area contributed by atoms with Gasteiger partial charge in [0, 0.05) is 31.1 Å². The normalized spacial score (nSPS) is 25.5. The summed E-state index contributed by atoms with van der Waals surface area (Å²) in [5.74, 6) is 0.860. The molecule has 0 aromatic heterocycles. The average molecular weight is 268 g/mol. The predicted molar refractivity (Wildman–Crippen MR) is 81.1 cm³/mol. The summed E-state index contributed by atoms with van der Waals surface area (Å²) in [6, 6.07) is 0.439. The summed E-state index contributed by atoms with van der Waals surface area (Å²) in [6.07, 6.45) is 1.17. The van der Waals surface area contributed by atoms with Crippen molar-refractivity contribution in [2.45, 2.75) is 60.9 Å². The maximum atomic E-state index is 12.4. The fraction of sp³-hybridized carbons (Fsp3) is 0.938. The topological polar surface area (TPSA) is 32.3 Å². The second-order valence-corrected chi connectivity index (χ2v) is 8.44. The lowest BCUT2D eigenvalue weighted by molar-refractivity contribution is -0.141. The molecule has 0 spiro atoms. The summed E-state index contributed by atoms with van der Waals surface area (Å²) < 4.78 is 0. The highest BCUT2D eigenvalue weighted by atomic mass is 16.2. The fourth-order valence-corrected chi connectivity index (χ4v) is 2.59. The standard InChI is InChI=1S/C16H32N2O/c1-12-8-13(17-11-15(2,3)4)10-18(9-12)14(19)16(5,6)7/h12-13,17H,8-11H2,1-7H3. The lowest BCUT2D eigenvalue weighted by atomic mass is 9.89. The zero-order valence-electron chi connectivity index (χ0n) is 13.8. The first-order chi connectivity index (χ1) is 8.49. The van der Waals surface area contributed by atoms with Crippen LogP contribution in [-0.2, 0) is 4.79 Å². The van der Waals surface area contributed by atoms with E-state index in [0.717, 1.165) is 19.6 Å². The van der Waals surface area contributed by atoms with Crippen molar-refractivity contribution in [1.82, 2.24) is 10.2 Å². The highest BCUT2D eigenvalue weighted by Gasteiger charge is 2.33. The molecule has 0 radical (unpaired) electrons. The third-order valence-corrected chi connectivity index (χ3v) is 3.51. The van der Waals surface area contributed by atoms with Gasteiger partial charge in [0.05, 0.1) is 0 Å². The molecule has 112 valence electrons. The molecule has 0 bridgehead atoms. The van der Waals surface area contributed by atoms with Gasteiger partial charge in [0.15, 0.2) is 0 Å². The van der Waals surface area contributed by atoms with Crippen LogP contribution >= 0.6 is 0 Å². The van der Waals surface area contributed by atoms with Gasteiger partial charge in [-0.05, 0) is 17.8 Å². The van der Waals surface area contributed by atoms with E-state index >= 15 is 0 Å². The molecular weight excluding hydrogens is 236 g/mol. The minimum absolute atomic E-state index is 0.272. The van der Waals surface area contributed by atoms with E-state index in [0.29, 0.717) is 17.4 Å². The number of hydrogen-bond acceptors (Lipinski definition) is 2. The van der Waals surface area contributed by atoms with Crippen LogP contribution in [-0.4, -0.2) is 36.5 Å². The van der Waals surface area contributed by atoms with Crippen molar-refractivity contribution in [3.8, 4) is 0 Å². The van der Waals surface area contributed by atoms with Gasteiger partial charge in [-0.3, -0.25) is 4.79 Å². The van der Waals surface area contributed by atoms with Crippen molar-refractivity contribution >= 4 is 5.91 Å². The van der Waals surface area contributed by atoms with Gasteiger partial charge in [-0.25, -0.2) is 0 Å². The SMILES string of the molecule is CC1CC(NCC(C)(C)C)CN(C(=O)C(C)(C)C)C1. The van der Waals surface area contributed by atoms with Crippen LogP contribution in [0.1, 0.15) is 54.9 Å². The van der Waals surface area contributed by atoms with Crippen LogP contribution in [0.5, 0.6) is 0 Å². The molecule has 1 rings (SSSR count). The molecule has 1 heterocycles. The van der Waals surface area contributed by atoms with Gasteiger partial charge in [-0.2, -0.15) is 0 Å². The minimum Gasteiger partial charge on any atom is -0.340 e. The summed E-state index contributed by atoms with van der Waals surface area (Å²) >= 11 is 0. The Labute approximate surface area is 119 Å². The highest BCUT2D eigenvalue weighted by molar-refractivity contribution is 5.81. The number of amides is 1. The van der Waals surface area contributed by atoms with Gasteiger partial charge in [-0.15, -0.1) is 0 Å². The lowest BCUT2D eigenvalue weighted by Gasteiger charge is -2.40. The van der Waals surface area contributed by atoms with Crippen molar-refractivity contribution in [3.63, 3.8) is 0 Å². The summed E-state index contributed by atoms with van der Waals surface area (Å²) in [6.45, 7) is 17.7. The molecule has 3 heteroatoms. The van der Waals surface area contributed by atoms with E-state index in [1.54, 1.807) is 0 Å². The molecule has 2 unspecified atom stereocenters. The van der Waals surface area contributed by atoms with E-state index in [4.69, 9.17) is 0 Å². The third kappa shape index (κ3) is 5.52. The Morgan fingerprint density at radius 3 is 2.21 bits per heavy atom. The molecule has 1 aliphatic heterocycles. The van der Waals surface area contributed by atoms with Crippen LogP contribution < -0.4 is 5.32 Å². The van der Waals surface area contributed by atoms with E-state index in [1.165, 1.54) is 6.42 Å². The Bertz CT molecular complexity index is 312. The lowest BCUT2D eigenvalue weighted by Crippen LogP contribution is -2.54.